The van der Waals surface area contributed by atoms with E-state index in [4.69, 9.17) is 9.47 Å². The van der Waals surface area contributed by atoms with Crippen LogP contribution in [0.2, 0.25) is 0 Å². The van der Waals surface area contributed by atoms with Gasteiger partial charge in [-0.3, -0.25) is 14.5 Å². The maximum atomic E-state index is 12.2. The number of carbonyl (C=O) groups is 2. The van der Waals surface area contributed by atoms with E-state index in [-0.39, 0.29) is 28.4 Å². The molecule has 0 N–H and O–H groups in total. The average Bonchev–Trinajstić information content (AvgIpc) is 2.71. The molecule has 0 aliphatic carbocycles. The molecule has 16 heavy (non-hydrogen) atoms. The topological polar surface area (TPSA) is 55.8 Å². The molecule has 6 heteroatoms. The van der Waals surface area contributed by atoms with Crippen LogP contribution in [0.5, 0.6) is 0 Å². The summed E-state index contributed by atoms with van der Waals surface area (Å²) in [6.07, 6.45) is 0.199. The third-order valence-electron chi connectivity index (χ3n) is 4.20. The Balaban J connectivity index is 2.12. The lowest BCUT2D eigenvalue weighted by Crippen LogP contribution is -2.55. The smallest absolute Gasteiger partial charge is 0.307 e. The van der Waals surface area contributed by atoms with Crippen molar-refractivity contribution in [1.82, 2.24) is 4.90 Å². The third-order valence-corrected chi connectivity index (χ3v) is 5.12. The lowest BCUT2D eigenvalue weighted by atomic mass is 9.78. The lowest BCUT2D eigenvalue weighted by Gasteiger charge is -2.37. The van der Waals surface area contributed by atoms with Crippen LogP contribution in [0.25, 0.3) is 0 Å². The van der Waals surface area contributed by atoms with E-state index in [9.17, 15) is 9.59 Å². The third kappa shape index (κ3) is 0.958. The van der Waals surface area contributed by atoms with Crippen molar-refractivity contribution in [3.8, 4) is 0 Å². The van der Waals surface area contributed by atoms with Gasteiger partial charge in [-0.2, -0.15) is 0 Å². The fourth-order valence-corrected chi connectivity index (χ4v) is 4.08. The first-order valence-corrected chi connectivity index (χ1v) is 6.45. The van der Waals surface area contributed by atoms with Crippen LogP contribution < -0.4 is 0 Å². The van der Waals surface area contributed by atoms with Gasteiger partial charge in [0.15, 0.2) is 4.23 Å². The Bertz CT molecular complexity index is 400. The minimum Gasteiger partial charge on any atom is -0.456 e. The number of esters is 1. The summed E-state index contributed by atoms with van der Waals surface area (Å²) in [4.78, 5) is 25.4. The Kier molecular flexibility index (Phi) is 1.95. The second-order valence-electron chi connectivity index (χ2n) is 4.92. The molecule has 4 atom stereocenters. The van der Waals surface area contributed by atoms with E-state index in [2.05, 4.69) is 22.6 Å². The fraction of sp³-hybridized carbons (Fsp3) is 0.800. The van der Waals surface area contributed by atoms with Crippen molar-refractivity contribution in [1.29, 1.82) is 0 Å². The quantitative estimate of drug-likeness (QED) is 0.282. The molecule has 5 nitrogen and oxygen atoms in total. The van der Waals surface area contributed by atoms with E-state index >= 15 is 0 Å². The summed E-state index contributed by atoms with van der Waals surface area (Å²) >= 11 is 2.09. The van der Waals surface area contributed by atoms with Crippen LogP contribution in [0.1, 0.15) is 20.3 Å². The van der Waals surface area contributed by atoms with Gasteiger partial charge in [0.2, 0.25) is 5.91 Å². The Labute approximate surface area is 107 Å². The van der Waals surface area contributed by atoms with Crippen molar-refractivity contribution >= 4 is 34.5 Å². The first-order valence-electron chi connectivity index (χ1n) is 5.21. The maximum absolute atomic E-state index is 12.2. The highest BCUT2D eigenvalue weighted by molar-refractivity contribution is 14.1. The zero-order valence-electron chi connectivity index (χ0n) is 9.03. The van der Waals surface area contributed by atoms with E-state index in [1.54, 1.807) is 4.90 Å². The predicted octanol–water partition coefficient (Wildman–Crippen LogP) is 0.658. The normalized spacial score (nSPS) is 50.6. The second kappa shape index (κ2) is 2.90. The molecule has 3 fully saturated rings. The van der Waals surface area contributed by atoms with Gasteiger partial charge < -0.3 is 9.47 Å². The molecule has 88 valence electrons. The van der Waals surface area contributed by atoms with Crippen molar-refractivity contribution in [2.24, 2.45) is 5.92 Å². The molecule has 0 bridgehead atoms. The Morgan fingerprint density at radius 3 is 2.81 bits per heavy atom. The molecule has 1 amide bonds. The van der Waals surface area contributed by atoms with E-state index in [0.29, 0.717) is 6.61 Å². The van der Waals surface area contributed by atoms with E-state index < -0.39 is 11.1 Å². The first kappa shape index (κ1) is 10.8. The molecule has 0 aromatic carbocycles. The fourth-order valence-electron chi connectivity index (χ4n) is 3.01. The van der Waals surface area contributed by atoms with E-state index in [1.807, 2.05) is 13.8 Å². The summed E-state index contributed by atoms with van der Waals surface area (Å²) in [7, 11) is 0. The summed E-state index contributed by atoms with van der Waals surface area (Å²) in [6, 6.07) is 0. The van der Waals surface area contributed by atoms with Gasteiger partial charge in [0.25, 0.3) is 0 Å². The highest BCUT2D eigenvalue weighted by atomic mass is 127. The predicted molar refractivity (Wildman–Crippen MR) is 61.6 cm³/mol. The number of amides is 1. The van der Waals surface area contributed by atoms with Gasteiger partial charge in [-0.25, -0.2) is 0 Å². The number of carbonyl (C=O) groups excluding carboxylic acids is 2. The molecule has 0 unspecified atom stereocenters. The molecule has 3 saturated heterocycles. The molecule has 0 radical (unpaired) electrons. The second-order valence-corrected chi connectivity index (χ2v) is 5.99. The summed E-state index contributed by atoms with van der Waals surface area (Å²) in [6.45, 7) is 4.20. The summed E-state index contributed by atoms with van der Waals surface area (Å²) < 4.78 is 10.7. The van der Waals surface area contributed by atoms with Crippen LogP contribution in [0.15, 0.2) is 0 Å². The molecule has 3 heterocycles. The maximum Gasteiger partial charge on any atom is 0.307 e. The van der Waals surface area contributed by atoms with Gasteiger partial charge in [0.1, 0.15) is 11.1 Å². The van der Waals surface area contributed by atoms with Gasteiger partial charge in [-0.15, -0.1) is 0 Å². The van der Waals surface area contributed by atoms with Crippen LogP contribution in [0.4, 0.5) is 0 Å². The Morgan fingerprint density at radius 2 is 2.12 bits per heavy atom. The molecule has 3 aliphatic heterocycles. The highest BCUT2D eigenvalue weighted by Crippen LogP contribution is 2.54. The molecular weight excluding hydrogens is 325 g/mol. The van der Waals surface area contributed by atoms with Gasteiger partial charge in [-0.05, 0) is 36.4 Å². The summed E-state index contributed by atoms with van der Waals surface area (Å²) in [5.41, 5.74) is -1.26. The van der Waals surface area contributed by atoms with Gasteiger partial charge in [0, 0.05) is 0 Å². The van der Waals surface area contributed by atoms with Crippen molar-refractivity contribution < 1.29 is 19.1 Å². The van der Waals surface area contributed by atoms with Crippen molar-refractivity contribution in [2.45, 2.75) is 35.6 Å². The van der Waals surface area contributed by atoms with Gasteiger partial charge in [0.05, 0.1) is 18.9 Å². The standard InChI is InChI=1S/C10H12INO4/c1-9-4-15-8(11)12(9)7(14)5-3-6(13)16-10(5,9)2/h5,8H,3-4H2,1-2H3/t5-,8+,9+,10-/m0/s1. The largest absolute Gasteiger partial charge is 0.456 e. The van der Waals surface area contributed by atoms with Crippen LogP contribution >= 0.6 is 22.6 Å². The summed E-state index contributed by atoms with van der Waals surface area (Å²) in [5.74, 6) is -0.641. The molecule has 0 aromatic heterocycles. The van der Waals surface area contributed by atoms with Crippen molar-refractivity contribution in [3.63, 3.8) is 0 Å². The molecule has 0 aromatic rings. The molecule has 0 saturated carbocycles. The monoisotopic (exact) mass is 337 g/mol. The van der Waals surface area contributed by atoms with Crippen molar-refractivity contribution in [3.05, 3.63) is 0 Å². The molecule has 3 aliphatic rings. The van der Waals surface area contributed by atoms with E-state index in [0.717, 1.165) is 0 Å². The lowest BCUT2D eigenvalue weighted by molar-refractivity contribution is -0.155. The van der Waals surface area contributed by atoms with Crippen LogP contribution in [-0.4, -0.2) is 38.8 Å². The zero-order chi connectivity index (χ0) is 11.7. The molecular formula is C10H12INO4. The average molecular weight is 337 g/mol. The number of nitrogens with zero attached hydrogens (tertiary/aromatic N) is 1. The zero-order valence-corrected chi connectivity index (χ0v) is 11.2. The number of halogens is 1. The number of hydrogen-bond donors (Lipinski definition) is 0. The van der Waals surface area contributed by atoms with Gasteiger partial charge in [-0.1, -0.05) is 0 Å². The Hall–Kier alpha value is -0.370. The Morgan fingerprint density at radius 1 is 1.44 bits per heavy atom. The minimum atomic E-state index is -0.735. The van der Waals surface area contributed by atoms with Crippen LogP contribution in [0, 0.1) is 5.92 Å². The number of ether oxygens (including phenoxy) is 2. The van der Waals surface area contributed by atoms with Crippen LogP contribution in [-0.2, 0) is 19.1 Å². The SMILES string of the molecule is C[C@]12OC(=O)C[C@H]1C(=O)N1[C@@H](I)OC[C@@]12C. The number of fused-ring (bicyclic) bond motifs is 3. The summed E-state index contributed by atoms with van der Waals surface area (Å²) in [5, 5.41) is 0. The number of rotatable bonds is 0. The first-order chi connectivity index (χ1) is 7.40. The molecule has 0 spiro atoms. The number of alkyl halides is 1. The number of hydrogen-bond acceptors (Lipinski definition) is 4. The van der Waals surface area contributed by atoms with Gasteiger partial charge >= 0.3 is 5.97 Å². The minimum absolute atomic E-state index is 0.0206. The van der Waals surface area contributed by atoms with Crippen LogP contribution in [0.3, 0.4) is 0 Å². The molecule has 3 rings (SSSR count). The van der Waals surface area contributed by atoms with Crippen molar-refractivity contribution in [2.75, 3.05) is 6.61 Å². The van der Waals surface area contributed by atoms with E-state index in [1.165, 1.54) is 0 Å². The highest BCUT2D eigenvalue weighted by Gasteiger charge is 2.72.